The van der Waals surface area contributed by atoms with Crippen molar-refractivity contribution in [3.63, 3.8) is 0 Å². The first-order valence-corrected chi connectivity index (χ1v) is 5.55. The normalized spacial score (nSPS) is 23.5. The van der Waals surface area contributed by atoms with E-state index in [0.29, 0.717) is 6.04 Å². The molecule has 0 radical (unpaired) electrons. The molecule has 2 nitrogen and oxygen atoms in total. The summed E-state index contributed by atoms with van der Waals surface area (Å²) >= 11 is 0. The highest BCUT2D eigenvalue weighted by Crippen LogP contribution is 2.32. The van der Waals surface area contributed by atoms with Gasteiger partial charge in [0.2, 0.25) is 0 Å². The number of furan rings is 1. The average Bonchev–Trinajstić information content (AvgIpc) is 2.70. The monoisotopic (exact) mass is 193 g/mol. The number of nitrogens with zero attached hydrogens (tertiary/aromatic N) is 1. The second-order valence-corrected chi connectivity index (χ2v) is 4.56. The largest absolute Gasteiger partial charge is 0.468 e. The molecule has 2 heterocycles. The third-order valence-electron chi connectivity index (χ3n) is 2.83. The van der Waals surface area contributed by atoms with Gasteiger partial charge in [0.1, 0.15) is 5.76 Å². The van der Waals surface area contributed by atoms with Crippen LogP contribution in [0.3, 0.4) is 0 Å². The lowest BCUT2D eigenvalue weighted by molar-refractivity contribution is 0.206. The molecule has 78 valence electrons. The summed E-state index contributed by atoms with van der Waals surface area (Å²) in [5.41, 5.74) is 0. The number of likely N-dealkylation sites (tertiary alicyclic amines) is 1. The zero-order valence-electron chi connectivity index (χ0n) is 9.07. The molecule has 0 saturated carbocycles. The molecule has 1 aromatic heterocycles. The van der Waals surface area contributed by atoms with Crippen molar-refractivity contribution in [2.24, 2.45) is 5.92 Å². The summed E-state index contributed by atoms with van der Waals surface area (Å²) < 4.78 is 5.49. The lowest BCUT2D eigenvalue weighted by Crippen LogP contribution is -2.27. The fourth-order valence-electron chi connectivity index (χ4n) is 2.32. The van der Waals surface area contributed by atoms with Gasteiger partial charge in [-0.05, 0) is 37.4 Å². The van der Waals surface area contributed by atoms with Crippen LogP contribution >= 0.6 is 0 Å². The minimum atomic E-state index is 0.535. The van der Waals surface area contributed by atoms with Crippen LogP contribution < -0.4 is 0 Å². The van der Waals surface area contributed by atoms with Gasteiger partial charge < -0.3 is 4.42 Å². The molecule has 0 bridgehead atoms. The SMILES string of the molecule is CC(C)CN1CCCC1c1ccco1. The molecule has 1 aliphatic rings. The molecule has 1 aliphatic heterocycles. The minimum absolute atomic E-state index is 0.535. The zero-order chi connectivity index (χ0) is 9.97. The van der Waals surface area contributed by atoms with Crippen molar-refractivity contribution >= 4 is 0 Å². The summed E-state index contributed by atoms with van der Waals surface area (Å²) in [6.07, 6.45) is 4.33. The molecule has 1 saturated heterocycles. The van der Waals surface area contributed by atoms with Crippen molar-refractivity contribution < 1.29 is 4.42 Å². The van der Waals surface area contributed by atoms with Gasteiger partial charge in [0, 0.05) is 6.54 Å². The molecule has 1 aromatic rings. The molecule has 1 atom stereocenters. The van der Waals surface area contributed by atoms with Crippen molar-refractivity contribution in [3.05, 3.63) is 24.2 Å². The topological polar surface area (TPSA) is 16.4 Å². The molecular formula is C12H19NO. The van der Waals surface area contributed by atoms with Gasteiger partial charge in [-0.2, -0.15) is 0 Å². The van der Waals surface area contributed by atoms with Crippen molar-refractivity contribution in [2.75, 3.05) is 13.1 Å². The summed E-state index contributed by atoms with van der Waals surface area (Å²) in [5, 5.41) is 0. The van der Waals surface area contributed by atoms with E-state index in [-0.39, 0.29) is 0 Å². The highest BCUT2D eigenvalue weighted by atomic mass is 16.3. The van der Waals surface area contributed by atoms with E-state index in [9.17, 15) is 0 Å². The lowest BCUT2D eigenvalue weighted by atomic mass is 10.1. The summed E-state index contributed by atoms with van der Waals surface area (Å²) in [6.45, 7) is 6.96. The molecular weight excluding hydrogens is 174 g/mol. The molecule has 1 unspecified atom stereocenters. The van der Waals surface area contributed by atoms with Gasteiger partial charge in [-0.1, -0.05) is 13.8 Å². The third kappa shape index (κ3) is 2.01. The zero-order valence-corrected chi connectivity index (χ0v) is 9.07. The highest BCUT2D eigenvalue weighted by Gasteiger charge is 2.27. The predicted octanol–water partition coefficient (Wildman–Crippen LogP) is 3.07. The molecule has 0 spiro atoms. The van der Waals surface area contributed by atoms with E-state index in [1.165, 1.54) is 25.9 Å². The molecule has 2 rings (SSSR count). The average molecular weight is 193 g/mol. The summed E-state index contributed by atoms with van der Waals surface area (Å²) in [4.78, 5) is 2.55. The van der Waals surface area contributed by atoms with Crippen LogP contribution in [0.15, 0.2) is 22.8 Å². The van der Waals surface area contributed by atoms with Gasteiger partial charge in [0.25, 0.3) is 0 Å². The molecule has 0 aliphatic carbocycles. The maximum Gasteiger partial charge on any atom is 0.120 e. The van der Waals surface area contributed by atoms with E-state index in [1.54, 1.807) is 6.26 Å². The lowest BCUT2D eigenvalue weighted by Gasteiger charge is -2.24. The Hall–Kier alpha value is -0.760. The van der Waals surface area contributed by atoms with Crippen molar-refractivity contribution in [1.82, 2.24) is 4.90 Å². The fourth-order valence-corrected chi connectivity index (χ4v) is 2.32. The smallest absolute Gasteiger partial charge is 0.120 e. The van der Waals surface area contributed by atoms with Crippen LogP contribution in [-0.2, 0) is 0 Å². The first-order valence-electron chi connectivity index (χ1n) is 5.55. The number of hydrogen-bond donors (Lipinski definition) is 0. The Morgan fingerprint density at radius 3 is 3.07 bits per heavy atom. The maximum atomic E-state index is 5.49. The van der Waals surface area contributed by atoms with E-state index in [4.69, 9.17) is 4.42 Å². The van der Waals surface area contributed by atoms with Crippen molar-refractivity contribution in [1.29, 1.82) is 0 Å². The third-order valence-corrected chi connectivity index (χ3v) is 2.83. The van der Waals surface area contributed by atoms with E-state index < -0.39 is 0 Å². The Kier molecular flexibility index (Phi) is 2.92. The summed E-state index contributed by atoms with van der Waals surface area (Å²) in [6, 6.07) is 4.62. The van der Waals surface area contributed by atoms with E-state index in [0.717, 1.165) is 11.7 Å². The van der Waals surface area contributed by atoms with Gasteiger partial charge in [-0.25, -0.2) is 0 Å². The van der Waals surface area contributed by atoms with E-state index in [2.05, 4.69) is 24.8 Å². The Bertz CT molecular complexity index is 266. The van der Waals surface area contributed by atoms with Crippen LogP contribution in [-0.4, -0.2) is 18.0 Å². The van der Waals surface area contributed by atoms with Crippen LogP contribution in [0.1, 0.15) is 38.5 Å². The predicted molar refractivity (Wildman–Crippen MR) is 57.1 cm³/mol. The second kappa shape index (κ2) is 4.18. The van der Waals surface area contributed by atoms with Crippen LogP contribution in [0, 0.1) is 5.92 Å². The highest BCUT2D eigenvalue weighted by molar-refractivity contribution is 5.06. The molecule has 2 heteroatoms. The number of hydrogen-bond acceptors (Lipinski definition) is 2. The molecule has 1 fully saturated rings. The molecule has 0 aromatic carbocycles. The van der Waals surface area contributed by atoms with Crippen molar-refractivity contribution in [3.8, 4) is 0 Å². The van der Waals surface area contributed by atoms with Crippen LogP contribution in [0.25, 0.3) is 0 Å². The first kappa shape index (κ1) is 9.78. The standard InChI is InChI=1S/C12H19NO/c1-10(2)9-13-7-3-5-11(13)12-6-4-8-14-12/h4,6,8,10-11H,3,5,7,9H2,1-2H3. The minimum Gasteiger partial charge on any atom is -0.468 e. The van der Waals surface area contributed by atoms with E-state index >= 15 is 0 Å². The van der Waals surface area contributed by atoms with Crippen LogP contribution in [0.2, 0.25) is 0 Å². The van der Waals surface area contributed by atoms with E-state index in [1.807, 2.05) is 6.07 Å². The van der Waals surface area contributed by atoms with Gasteiger partial charge in [-0.3, -0.25) is 4.90 Å². The summed E-state index contributed by atoms with van der Waals surface area (Å²) in [5.74, 6) is 1.88. The molecule has 0 N–H and O–H groups in total. The fraction of sp³-hybridized carbons (Fsp3) is 0.667. The quantitative estimate of drug-likeness (QED) is 0.733. The van der Waals surface area contributed by atoms with Crippen LogP contribution in [0.5, 0.6) is 0 Å². The second-order valence-electron chi connectivity index (χ2n) is 4.56. The Morgan fingerprint density at radius 2 is 2.43 bits per heavy atom. The van der Waals surface area contributed by atoms with Crippen LogP contribution in [0.4, 0.5) is 0 Å². The number of rotatable bonds is 3. The first-order chi connectivity index (χ1) is 6.77. The Morgan fingerprint density at radius 1 is 1.57 bits per heavy atom. The van der Waals surface area contributed by atoms with Gasteiger partial charge >= 0.3 is 0 Å². The Labute approximate surface area is 85.9 Å². The molecule has 0 amide bonds. The molecule has 14 heavy (non-hydrogen) atoms. The van der Waals surface area contributed by atoms with Gasteiger partial charge in [-0.15, -0.1) is 0 Å². The van der Waals surface area contributed by atoms with Crippen molar-refractivity contribution in [2.45, 2.75) is 32.7 Å². The Balaban J connectivity index is 2.04. The van der Waals surface area contributed by atoms with Gasteiger partial charge in [0.05, 0.1) is 12.3 Å². The van der Waals surface area contributed by atoms with Gasteiger partial charge in [0.15, 0.2) is 0 Å². The summed E-state index contributed by atoms with van der Waals surface area (Å²) in [7, 11) is 0. The maximum absolute atomic E-state index is 5.49.